The van der Waals surface area contributed by atoms with Crippen molar-refractivity contribution in [1.29, 1.82) is 0 Å². The van der Waals surface area contributed by atoms with Gasteiger partial charge in [-0.15, -0.1) is 0 Å². The van der Waals surface area contributed by atoms with Gasteiger partial charge in [-0.1, -0.05) is 12.1 Å². The summed E-state index contributed by atoms with van der Waals surface area (Å²) in [4.78, 5) is 2.22. The Bertz CT molecular complexity index is 433. The molecule has 2 nitrogen and oxygen atoms in total. The molecular weight excluding hydrogens is 239 g/mol. The van der Waals surface area contributed by atoms with Crippen molar-refractivity contribution in [2.45, 2.75) is 58.7 Å². The van der Waals surface area contributed by atoms with Crippen LogP contribution in [0.3, 0.4) is 0 Å². The summed E-state index contributed by atoms with van der Waals surface area (Å²) in [7, 11) is 0. The average molecular weight is 264 g/mol. The van der Waals surface area contributed by atoms with Crippen LogP contribution in [0, 0.1) is 5.82 Å². The average Bonchev–Trinajstić information content (AvgIpc) is 3.13. The van der Waals surface area contributed by atoms with E-state index in [2.05, 4.69) is 37.9 Å². The molecule has 0 amide bonds. The molecule has 0 aromatic heterocycles. The molecule has 0 unspecified atom stereocenters. The smallest absolute Gasteiger partial charge is 0.146 e. The summed E-state index contributed by atoms with van der Waals surface area (Å²) in [5.74, 6) is -0.0954. The fourth-order valence-corrected chi connectivity index (χ4v) is 2.37. The summed E-state index contributed by atoms with van der Waals surface area (Å²) < 4.78 is 14.2. The Balaban J connectivity index is 2.24. The molecule has 1 N–H and O–H groups in total. The lowest BCUT2D eigenvalue weighted by atomic mass is 10.1. The van der Waals surface area contributed by atoms with Crippen molar-refractivity contribution < 1.29 is 4.39 Å². The summed E-state index contributed by atoms with van der Waals surface area (Å²) in [5.41, 5.74) is 1.90. The van der Waals surface area contributed by atoms with Gasteiger partial charge in [0.2, 0.25) is 0 Å². The highest BCUT2D eigenvalue weighted by atomic mass is 19.1. The lowest BCUT2D eigenvalue weighted by Gasteiger charge is -2.28. The summed E-state index contributed by atoms with van der Waals surface area (Å²) >= 11 is 0. The second kappa shape index (κ2) is 5.49. The molecule has 1 aliphatic carbocycles. The summed E-state index contributed by atoms with van der Waals surface area (Å²) in [6.45, 7) is 10.1. The molecule has 1 saturated carbocycles. The molecule has 2 rings (SSSR count). The van der Waals surface area contributed by atoms with Crippen molar-refractivity contribution in [1.82, 2.24) is 5.32 Å². The third-order valence-corrected chi connectivity index (χ3v) is 3.50. The van der Waals surface area contributed by atoms with Crippen LogP contribution in [-0.4, -0.2) is 18.1 Å². The van der Waals surface area contributed by atoms with Gasteiger partial charge in [0.25, 0.3) is 0 Å². The molecule has 0 spiro atoms. The molecule has 0 aliphatic heterocycles. The van der Waals surface area contributed by atoms with Gasteiger partial charge in [0.05, 0.1) is 5.69 Å². The van der Waals surface area contributed by atoms with Crippen LogP contribution in [0.15, 0.2) is 18.2 Å². The van der Waals surface area contributed by atoms with Gasteiger partial charge in [-0.3, -0.25) is 0 Å². The molecule has 1 aromatic carbocycles. The SMILES string of the molecule is CCN(c1c(F)cccc1CNC(C)(C)C)C1CC1. The molecule has 3 heteroatoms. The molecule has 1 aliphatic rings. The van der Waals surface area contributed by atoms with Crippen LogP contribution < -0.4 is 10.2 Å². The fourth-order valence-electron chi connectivity index (χ4n) is 2.37. The first-order chi connectivity index (χ1) is 8.92. The lowest BCUT2D eigenvalue weighted by molar-refractivity contribution is 0.423. The van der Waals surface area contributed by atoms with E-state index in [0.717, 1.165) is 17.8 Å². The van der Waals surface area contributed by atoms with Crippen LogP contribution >= 0.6 is 0 Å². The molecule has 1 aromatic rings. The second-order valence-electron chi connectivity index (χ2n) is 6.37. The molecule has 0 bridgehead atoms. The van der Waals surface area contributed by atoms with Crippen LogP contribution in [0.5, 0.6) is 0 Å². The van der Waals surface area contributed by atoms with E-state index in [1.807, 2.05) is 6.07 Å². The van der Waals surface area contributed by atoms with Crippen LogP contribution in [0.2, 0.25) is 0 Å². The Hall–Kier alpha value is -1.09. The molecule has 0 saturated heterocycles. The minimum atomic E-state index is -0.0954. The zero-order chi connectivity index (χ0) is 14.0. The maximum atomic E-state index is 14.2. The predicted octanol–water partition coefficient (Wildman–Crippen LogP) is 3.70. The van der Waals surface area contributed by atoms with Crippen molar-refractivity contribution >= 4 is 5.69 Å². The number of rotatable bonds is 5. The second-order valence-corrected chi connectivity index (χ2v) is 6.37. The molecule has 19 heavy (non-hydrogen) atoms. The lowest BCUT2D eigenvalue weighted by Crippen LogP contribution is -2.36. The van der Waals surface area contributed by atoms with Gasteiger partial charge in [-0.25, -0.2) is 4.39 Å². The van der Waals surface area contributed by atoms with Gasteiger partial charge in [0.15, 0.2) is 0 Å². The largest absolute Gasteiger partial charge is 0.366 e. The summed E-state index contributed by atoms with van der Waals surface area (Å²) in [5, 5.41) is 3.45. The van der Waals surface area contributed by atoms with Crippen molar-refractivity contribution in [2.24, 2.45) is 0 Å². The summed E-state index contributed by atoms with van der Waals surface area (Å²) in [6, 6.07) is 5.94. The maximum absolute atomic E-state index is 14.2. The van der Waals surface area contributed by atoms with Crippen molar-refractivity contribution in [3.63, 3.8) is 0 Å². The van der Waals surface area contributed by atoms with Crippen LogP contribution in [0.1, 0.15) is 46.1 Å². The third-order valence-electron chi connectivity index (χ3n) is 3.50. The van der Waals surface area contributed by atoms with Gasteiger partial charge in [0.1, 0.15) is 5.82 Å². The Morgan fingerprint density at radius 1 is 1.32 bits per heavy atom. The minimum Gasteiger partial charge on any atom is -0.366 e. The number of nitrogens with zero attached hydrogens (tertiary/aromatic N) is 1. The first-order valence-corrected chi connectivity index (χ1v) is 7.21. The first kappa shape index (κ1) is 14.3. The number of hydrogen-bond acceptors (Lipinski definition) is 2. The van der Waals surface area contributed by atoms with Crippen LogP contribution in [0.4, 0.5) is 10.1 Å². The first-order valence-electron chi connectivity index (χ1n) is 7.21. The number of halogens is 1. The fraction of sp³-hybridized carbons (Fsp3) is 0.625. The van der Waals surface area contributed by atoms with Crippen molar-refractivity contribution in [3.05, 3.63) is 29.6 Å². The monoisotopic (exact) mass is 264 g/mol. The minimum absolute atomic E-state index is 0.0419. The number of benzene rings is 1. The number of nitrogens with one attached hydrogen (secondary N) is 1. The van der Waals surface area contributed by atoms with Gasteiger partial charge in [0, 0.05) is 24.7 Å². The quantitative estimate of drug-likeness (QED) is 0.872. The van der Waals surface area contributed by atoms with Gasteiger partial charge < -0.3 is 10.2 Å². The highest BCUT2D eigenvalue weighted by Gasteiger charge is 2.31. The van der Waals surface area contributed by atoms with E-state index in [1.165, 1.54) is 12.8 Å². The van der Waals surface area contributed by atoms with E-state index in [4.69, 9.17) is 0 Å². The Labute approximate surface area is 116 Å². The topological polar surface area (TPSA) is 15.3 Å². The standard InChI is InChI=1S/C16H25FN2/c1-5-19(13-9-10-13)15-12(7-6-8-14(15)17)11-18-16(2,3)4/h6-8,13,18H,5,9-11H2,1-4H3. The zero-order valence-corrected chi connectivity index (χ0v) is 12.5. The van der Waals surface area contributed by atoms with Gasteiger partial charge >= 0.3 is 0 Å². The predicted molar refractivity (Wildman–Crippen MR) is 79.0 cm³/mol. The molecule has 1 fully saturated rings. The van der Waals surface area contributed by atoms with Gasteiger partial charge in [-0.2, -0.15) is 0 Å². The van der Waals surface area contributed by atoms with Gasteiger partial charge in [-0.05, 0) is 52.2 Å². The Kier molecular flexibility index (Phi) is 4.14. The summed E-state index contributed by atoms with van der Waals surface area (Å²) in [6.07, 6.45) is 2.38. The molecule has 0 atom stereocenters. The van der Waals surface area contributed by atoms with E-state index >= 15 is 0 Å². The van der Waals surface area contributed by atoms with E-state index < -0.39 is 0 Å². The maximum Gasteiger partial charge on any atom is 0.146 e. The van der Waals surface area contributed by atoms with Crippen molar-refractivity contribution in [2.75, 3.05) is 11.4 Å². The highest BCUT2D eigenvalue weighted by Crippen LogP contribution is 2.35. The Morgan fingerprint density at radius 2 is 2.00 bits per heavy atom. The highest BCUT2D eigenvalue weighted by molar-refractivity contribution is 5.56. The Morgan fingerprint density at radius 3 is 2.53 bits per heavy atom. The normalized spacial score (nSPS) is 15.6. The number of para-hydroxylation sites is 1. The van der Waals surface area contributed by atoms with Crippen molar-refractivity contribution in [3.8, 4) is 0 Å². The molecule has 0 radical (unpaired) electrons. The number of hydrogen-bond donors (Lipinski definition) is 1. The molecule has 106 valence electrons. The van der Waals surface area contributed by atoms with E-state index in [-0.39, 0.29) is 11.4 Å². The number of anilines is 1. The van der Waals surface area contributed by atoms with E-state index in [0.29, 0.717) is 12.6 Å². The van der Waals surface area contributed by atoms with Crippen LogP contribution in [-0.2, 0) is 6.54 Å². The van der Waals surface area contributed by atoms with E-state index in [9.17, 15) is 4.39 Å². The molecular formula is C16H25FN2. The third kappa shape index (κ3) is 3.69. The zero-order valence-electron chi connectivity index (χ0n) is 12.5. The van der Waals surface area contributed by atoms with Crippen LogP contribution in [0.25, 0.3) is 0 Å². The van der Waals surface area contributed by atoms with E-state index in [1.54, 1.807) is 12.1 Å². The molecule has 0 heterocycles.